The Morgan fingerprint density at radius 1 is 1.15 bits per heavy atom. The summed E-state index contributed by atoms with van der Waals surface area (Å²) in [7, 11) is 1.29. The van der Waals surface area contributed by atoms with Gasteiger partial charge in [0.05, 0.1) is 24.0 Å². The summed E-state index contributed by atoms with van der Waals surface area (Å²) in [6.45, 7) is 0. The molecule has 0 saturated carbocycles. The summed E-state index contributed by atoms with van der Waals surface area (Å²) in [6.07, 6.45) is 3.05. The number of hydrogen-bond acceptors (Lipinski definition) is 5. The van der Waals surface area contributed by atoms with Gasteiger partial charge in [-0.2, -0.15) is 0 Å². The third kappa shape index (κ3) is 2.92. The minimum absolute atomic E-state index is 0.287. The minimum atomic E-state index is -0.483. The number of amides is 1. The second kappa shape index (κ2) is 5.83. The van der Waals surface area contributed by atoms with Gasteiger partial charge in [0.1, 0.15) is 0 Å². The summed E-state index contributed by atoms with van der Waals surface area (Å²) in [6, 6.07) is 7.72. The van der Waals surface area contributed by atoms with E-state index in [0.29, 0.717) is 16.8 Å². The maximum atomic E-state index is 12.0. The normalized spacial score (nSPS) is 9.85. The predicted molar refractivity (Wildman–Crippen MR) is 74.4 cm³/mol. The minimum Gasteiger partial charge on any atom is -0.465 e. The van der Waals surface area contributed by atoms with Crippen molar-refractivity contribution in [1.82, 2.24) is 4.98 Å². The highest BCUT2D eigenvalue weighted by Gasteiger charge is 2.11. The van der Waals surface area contributed by atoms with Gasteiger partial charge in [-0.15, -0.1) is 0 Å². The first kappa shape index (κ1) is 13.5. The summed E-state index contributed by atoms with van der Waals surface area (Å²) < 4.78 is 4.59. The van der Waals surface area contributed by atoms with E-state index in [1.807, 2.05) is 0 Å². The molecule has 2 rings (SSSR count). The molecular formula is C14H13N3O3. The molecule has 1 aromatic carbocycles. The predicted octanol–water partition coefficient (Wildman–Crippen LogP) is 1.70. The summed E-state index contributed by atoms with van der Waals surface area (Å²) in [4.78, 5) is 27.1. The van der Waals surface area contributed by atoms with E-state index in [2.05, 4.69) is 15.0 Å². The molecule has 0 bridgehead atoms. The monoisotopic (exact) mass is 271 g/mol. The number of nitrogens with one attached hydrogen (secondary N) is 1. The number of pyridine rings is 1. The average Bonchev–Trinajstić information content (AvgIpc) is 2.49. The molecule has 102 valence electrons. The Balaban J connectivity index is 2.18. The number of ether oxygens (including phenoxy) is 1. The van der Waals surface area contributed by atoms with Gasteiger partial charge in [0, 0.05) is 18.0 Å². The fraction of sp³-hybridized carbons (Fsp3) is 0.0714. The highest BCUT2D eigenvalue weighted by atomic mass is 16.5. The maximum absolute atomic E-state index is 12.0. The van der Waals surface area contributed by atoms with Crippen molar-refractivity contribution in [3.63, 3.8) is 0 Å². The van der Waals surface area contributed by atoms with Crippen LogP contribution in [0.15, 0.2) is 42.7 Å². The van der Waals surface area contributed by atoms with Crippen molar-refractivity contribution in [2.45, 2.75) is 0 Å². The van der Waals surface area contributed by atoms with Crippen LogP contribution in [0.25, 0.3) is 0 Å². The van der Waals surface area contributed by atoms with Crippen LogP contribution in [-0.4, -0.2) is 24.0 Å². The topological polar surface area (TPSA) is 94.3 Å². The van der Waals surface area contributed by atoms with Gasteiger partial charge in [-0.3, -0.25) is 9.78 Å². The number of carbonyl (C=O) groups is 2. The van der Waals surface area contributed by atoms with Crippen molar-refractivity contribution in [2.24, 2.45) is 0 Å². The number of nitrogen functional groups attached to an aromatic ring is 1. The molecule has 1 aromatic heterocycles. The van der Waals surface area contributed by atoms with E-state index in [4.69, 9.17) is 5.73 Å². The molecule has 1 amide bonds. The summed E-state index contributed by atoms with van der Waals surface area (Å²) in [5.74, 6) is -0.784. The van der Waals surface area contributed by atoms with Crippen molar-refractivity contribution in [3.05, 3.63) is 53.9 Å². The van der Waals surface area contributed by atoms with Crippen LogP contribution in [0.5, 0.6) is 0 Å². The Morgan fingerprint density at radius 3 is 2.45 bits per heavy atom. The number of benzene rings is 1. The Kier molecular flexibility index (Phi) is 3.95. The zero-order valence-corrected chi connectivity index (χ0v) is 10.8. The van der Waals surface area contributed by atoms with E-state index >= 15 is 0 Å². The second-order valence-electron chi connectivity index (χ2n) is 3.98. The van der Waals surface area contributed by atoms with Gasteiger partial charge < -0.3 is 15.8 Å². The van der Waals surface area contributed by atoms with Gasteiger partial charge in [-0.05, 0) is 30.3 Å². The highest BCUT2D eigenvalue weighted by molar-refractivity contribution is 6.06. The largest absolute Gasteiger partial charge is 0.465 e. The molecule has 20 heavy (non-hydrogen) atoms. The van der Waals surface area contributed by atoms with Crippen molar-refractivity contribution in [2.75, 3.05) is 18.2 Å². The van der Waals surface area contributed by atoms with Gasteiger partial charge in [0.2, 0.25) is 0 Å². The lowest BCUT2D eigenvalue weighted by atomic mass is 10.1. The molecule has 0 spiro atoms. The molecule has 0 aliphatic rings. The summed E-state index contributed by atoms with van der Waals surface area (Å²) in [5.41, 5.74) is 7.32. The lowest BCUT2D eigenvalue weighted by Gasteiger charge is -2.09. The first-order chi connectivity index (χ1) is 9.61. The number of carbonyl (C=O) groups excluding carboxylic acids is 2. The Hall–Kier alpha value is -2.89. The number of rotatable bonds is 3. The number of esters is 1. The molecule has 2 aromatic rings. The molecule has 0 atom stereocenters. The van der Waals surface area contributed by atoms with E-state index in [0.717, 1.165) is 0 Å². The van der Waals surface area contributed by atoms with Crippen LogP contribution in [0.1, 0.15) is 20.7 Å². The van der Waals surface area contributed by atoms with Crippen LogP contribution < -0.4 is 11.1 Å². The smallest absolute Gasteiger partial charge is 0.337 e. The zero-order chi connectivity index (χ0) is 14.5. The number of nitrogens with two attached hydrogens (primary N) is 1. The highest BCUT2D eigenvalue weighted by Crippen LogP contribution is 2.21. The van der Waals surface area contributed by atoms with Crippen molar-refractivity contribution < 1.29 is 14.3 Å². The molecule has 0 radical (unpaired) electrons. The fourth-order valence-electron chi connectivity index (χ4n) is 1.62. The molecule has 3 N–H and O–H groups in total. The standard InChI is InChI=1S/C14H13N3O3/c1-20-14(19)10-2-3-12(11(15)8-10)17-13(18)9-4-6-16-7-5-9/h2-8H,15H2,1H3,(H,17,18). The molecule has 0 saturated heterocycles. The number of nitrogens with zero attached hydrogens (tertiary/aromatic N) is 1. The zero-order valence-electron chi connectivity index (χ0n) is 10.8. The summed E-state index contributed by atoms with van der Waals surface area (Å²) in [5, 5.41) is 2.67. The van der Waals surface area contributed by atoms with Crippen LogP contribution in [0.4, 0.5) is 11.4 Å². The molecular weight excluding hydrogens is 258 g/mol. The van der Waals surface area contributed by atoms with Crippen molar-refractivity contribution in [1.29, 1.82) is 0 Å². The number of anilines is 2. The van der Waals surface area contributed by atoms with Crippen molar-refractivity contribution >= 4 is 23.3 Å². The van der Waals surface area contributed by atoms with Gasteiger partial charge in [-0.25, -0.2) is 4.79 Å². The van der Waals surface area contributed by atoms with Crippen LogP contribution >= 0.6 is 0 Å². The molecule has 6 nitrogen and oxygen atoms in total. The van der Waals surface area contributed by atoms with E-state index in [1.165, 1.54) is 31.6 Å². The summed E-state index contributed by atoms with van der Waals surface area (Å²) >= 11 is 0. The van der Waals surface area contributed by atoms with Gasteiger partial charge in [0.25, 0.3) is 5.91 Å². The van der Waals surface area contributed by atoms with E-state index in [-0.39, 0.29) is 11.6 Å². The van der Waals surface area contributed by atoms with Crippen LogP contribution in [0, 0.1) is 0 Å². The quantitative estimate of drug-likeness (QED) is 0.654. The Morgan fingerprint density at radius 2 is 1.85 bits per heavy atom. The first-order valence-corrected chi connectivity index (χ1v) is 5.81. The number of methoxy groups -OCH3 is 1. The van der Waals surface area contributed by atoms with Gasteiger partial charge >= 0.3 is 5.97 Å². The molecule has 1 heterocycles. The number of aromatic nitrogens is 1. The van der Waals surface area contributed by atoms with Crippen molar-refractivity contribution in [3.8, 4) is 0 Å². The SMILES string of the molecule is COC(=O)c1ccc(NC(=O)c2ccncc2)c(N)c1. The van der Waals surface area contributed by atoms with E-state index < -0.39 is 5.97 Å². The lowest BCUT2D eigenvalue weighted by Crippen LogP contribution is -2.13. The Bertz CT molecular complexity index is 641. The van der Waals surface area contributed by atoms with Gasteiger partial charge in [0.15, 0.2) is 0 Å². The molecule has 6 heteroatoms. The van der Waals surface area contributed by atoms with Crippen LogP contribution in [0.2, 0.25) is 0 Å². The first-order valence-electron chi connectivity index (χ1n) is 5.81. The fourth-order valence-corrected chi connectivity index (χ4v) is 1.62. The van der Waals surface area contributed by atoms with Crippen LogP contribution in [-0.2, 0) is 4.74 Å². The third-order valence-corrected chi connectivity index (χ3v) is 2.66. The maximum Gasteiger partial charge on any atom is 0.337 e. The molecule has 0 aliphatic carbocycles. The lowest BCUT2D eigenvalue weighted by molar-refractivity contribution is 0.0600. The van der Waals surface area contributed by atoms with E-state index in [9.17, 15) is 9.59 Å². The van der Waals surface area contributed by atoms with Gasteiger partial charge in [-0.1, -0.05) is 0 Å². The second-order valence-corrected chi connectivity index (χ2v) is 3.98. The molecule has 0 fully saturated rings. The Labute approximate surface area is 115 Å². The third-order valence-electron chi connectivity index (χ3n) is 2.66. The molecule has 0 aliphatic heterocycles. The molecule has 0 unspecified atom stereocenters. The van der Waals surface area contributed by atoms with E-state index in [1.54, 1.807) is 18.2 Å². The average molecular weight is 271 g/mol. The van der Waals surface area contributed by atoms with Crippen LogP contribution in [0.3, 0.4) is 0 Å². The number of hydrogen-bond donors (Lipinski definition) is 2.